The molecule has 3 heterocycles. The quantitative estimate of drug-likeness (QED) is 0.124. The summed E-state index contributed by atoms with van der Waals surface area (Å²) in [6.07, 6.45) is 0.000316. The van der Waals surface area contributed by atoms with Gasteiger partial charge in [-0.05, 0) is 36.5 Å². The molecule has 1 aromatic rings. The van der Waals surface area contributed by atoms with E-state index in [1.165, 1.54) is 19.1 Å². The zero-order valence-electron chi connectivity index (χ0n) is 24.4. The number of primary amides is 2. The number of aromatic hydroxyl groups is 1. The van der Waals surface area contributed by atoms with Gasteiger partial charge in [0.1, 0.15) is 23.4 Å². The van der Waals surface area contributed by atoms with E-state index >= 15 is 0 Å². The Kier molecular flexibility index (Phi) is 8.97. The Labute approximate surface area is 248 Å². The molecule has 234 valence electrons. The number of benzene rings is 1. The van der Waals surface area contributed by atoms with E-state index in [0.717, 1.165) is 0 Å². The molecule has 0 saturated carbocycles. The average Bonchev–Trinajstić information content (AvgIpc) is 3.57. The molecule has 1 spiro atoms. The second-order valence-electron chi connectivity index (χ2n) is 11.9. The van der Waals surface area contributed by atoms with Crippen molar-refractivity contribution in [1.82, 2.24) is 31.9 Å². The molecule has 7 atom stereocenters. The molecule has 15 nitrogen and oxygen atoms in total. The highest BCUT2D eigenvalue weighted by Gasteiger charge is 2.72. The summed E-state index contributed by atoms with van der Waals surface area (Å²) >= 11 is 0. The molecule has 0 bridgehead atoms. The zero-order valence-corrected chi connectivity index (χ0v) is 24.4. The Balaban J connectivity index is 1.50. The standard InChI is InChI=1S/C28H40N8O7/c1-13(2)28-21(35-26(43)27(28)11-16(12-31-27)32-14(3)37)9-20(36-28)25(42)34-19(10-22(29)39)24(41)33-18(23(30)40)8-15-4-6-17(38)7-5-15/h4-7,13,16,18-21,31,36,38H,8-12H2,1-3H3,(H2,29,39)(H2,30,40)(H,32,37)(H,33,41)(H,34,42)(H,35,43). The van der Waals surface area contributed by atoms with Crippen molar-refractivity contribution in [2.75, 3.05) is 6.54 Å². The van der Waals surface area contributed by atoms with Crippen molar-refractivity contribution in [3.05, 3.63) is 29.8 Å². The average molecular weight is 601 g/mol. The molecule has 0 aliphatic carbocycles. The van der Waals surface area contributed by atoms with E-state index in [-0.39, 0.29) is 42.4 Å². The van der Waals surface area contributed by atoms with Gasteiger partial charge in [0.05, 0.1) is 24.0 Å². The van der Waals surface area contributed by atoms with Gasteiger partial charge in [-0.2, -0.15) is 0 Å². The lowest BCUT2D eigenvalue weighted by Crippen LogP contribution is -2.71. The van der Waals surface area contributed by atoms with Gasteiger partial charge in [0, 0.05) is 25.9 Å². The second-order valence-corrected chi connectivity index (χ2v) is 11.9. The third-order valence-electron chi connectivity index (χ3n) is 8.75. The SMILES string of the molecule is CC(=O)NC1CNC2(C1)C(=O)NC1CC(C(=O)NC(CC(N)=O)C(=O)NC(Cc3ccc(O)cc3)C(N)=O)NC12C(C)C. The lowest BCUT2D eigenvalue weighted by atomic mass is 9.68. The summed E-state index contributed by atoms with van der Waals surface area (Å²) in [4.78, 5) is 75.8. The Bertz CT molecular complexity index is 1300. The van der Waals surface area contributed by atoms with Gasteiger partial charge in [-0.3, -0.25) is 39.4 Å². The summed E-state index contributed by atoms with van der Waals surface area (Å²) in [5, 5.41) is 27.2. The monoisotopic (exact) mass is 600 g/mol. The third kappa shape index (κ3) is 6.13. The molecule has 3 aliphatic heterocycles. The lowest BCUT2D eigenvalue weighted by molar-refractivity contribution is -0.134. The van der Waals surface area contributed by atoms with Crippen molar-refractivity contribution < 1.29 is 33.9 Å². The molecule has 3 aliphatic rings. The van der Waals surface area contributed by atoms with Gasteiger partial charge < -0.3 is 37.8 Å². The Morgan fingerprint density at radius 1 is 1.07 bits per heavy atom. The number of nitrogens with one attached hydrogen (secondary N) is 6. The molecule has 3 fully saturated rings. The van der Waals surface area contributed by atoms with Gasteiger partial charge in [-0.25, -0.2) is 0 Å². The highest BCUT2D eigenvalue weighted by atomic mass is 16.3. The number of phenolic OH excluding ortho intramolecular Hbond substituents is 1. The first-order valence-electron chi connectivity index (χ1n) is 14.3. The number of fused-ring (bicyclic) bond motifs is 2. The molecular formula is C28H40N8O7. The van der Waals surface area contributed by atoms with E-state index < -0.39 is 65.3 Å². The molecule has 4 rings (SSSR count). The van der Waals surface area contributed by atoms with Crippen molar-refractivity contribution in [3.63, 3.8) is 0 Å². The van der Waals surface area contributed by atoms with Crippen LogP contribution in [0.5, 0.6) is 5.75 Å². The molecule has 1 aromatic carbocycles. The van der Waals surface area contributed by atoms with Crippen molar-refractivity contribution in [3.8, 4) is 5.75 Å². The minimum atomic E-state index is -1.40. The van der Waals surface area contributed by atoms with Crippen LogP contribution in [0.1, 0.15) is 45.6 Å². The number of carbonyl (C=O) groups excluding carboxylic acids is 6. The van der Waals surface area contributed by atoms with Gasteiger partial charge in [0.2, 0.25) is 35.4 Å². The van der Waals surface area contributed by atoms with Crippen LogP contribution in [0.2, 0.25) is 0 Å². The maximum absolute atomic E-state index is 13.6. The molecule has 0 aromatic heterocycles. The topological polar surface area (TPSA) is 247 Å². The summed E-state index contributed by atoms with van der Waals surface area (Å²) < 4.78 is 0. The molecule has 0 radical (unpaired) electrons. The maximum atomic E-state index is 13.6. The van der Waals surface area contributed by atoms with E-state index in [2.05, 4.69) is 31.9 Å². The maximum Gasteiger partial charge on any atom is 0.243 e. The first-order valence-corrected chi connectivity index (χ1v) is 14.3. The zero-order chi connectivity index (χ0) is 31.7. The molecule has 11 N–H and O–H groups in total. The van der Waals surface area contributed by atoms with Crippen LogP contribution in [-0.4, -0.2) is 88.4 Å². The molecular weight excluding hydrogens is 560 g/mol. The highest BCUT2D eigenvalue weighted by Crippen LogP contribution is 2.48. The first kappa shape index (κ1) is 31.7. The summed E-state index contributed by atoms with van der Waals surface area (Å²) in [7, 11) is 0. The van der Waals surface area contributed by atoms with Crippen molar-refractivity contribution in [1.29, 1.82) is 0 Å². The molecule has 6 amide bonds. The van der Waals surface area contributed by atoms with Crippen LogP contribution in [0.25, 0.3) is 0 Å². The summed E-state index contributed by atoms with van der Waals surface area (Å²) in [5.41, 5.74) is 9.50. The number of hydrogen-bond acceptors (Lipinski definition) is 9. The van der Waals surface area contributed by atoms with Crippen LogP contribution in [0.4, 0.5) is 0 Å². The van der Waals surface area contributed by atoms with Gasteiger partial charge in [-0.15, -0.1) is 0 Å². The summed E-state index contributed by atoms with van der Waals surface area (Å²) in [6.45, 7) is 5.67. The molecule has 7 unspecified atom stereocenters. The van der Waals surface area contributed by atoms with Crippen LogP contribution in [0, 0.1) is 5.92 Å². The van der Waals surface area contributed by atoms with E-state index in [1.807, 2.05) is 13.8 Å². The van der Waals surface area contributed by atoms with E-state index in [0.29, 0.717) is 18.5 Å². The van der Waals surface area contributed by atoms with Crippen molar-refractivity contribution in [2.45, 2.75) is 87.7 Å². The van der Waals surface area contributed by atoms with Crippen LogP contribution in [-0.2, 0) is 35.2 Å². The number of rotatable bonds is 11. The summed E-state index contributed by atoms with van der Waals surface area (Å²) in [5.74, 6) is -3.65. The lowest BCUT2D eigenvalue weighted by Gasteiger charge is -2.45. The van der Waals surface area contributed by atoms with E-state index in [1.54, 1.807) is 12.1 Å². The van der Waals surface area contributed by atoms with Gasteiger partial charge in [0.25, 0.3) is 0 Å². The fourth-order valence-corrected chi connectivity index (χ4v) is 6.90. The normalized spacial score (nSPS) is 29.0. The first-order chi connectivity index (χ1) is 20.2. The molecule has 43 heavy (non-hydrogen) atoms. The predicted molar refractivity (Wildman–Crippen MR) is 153 cm³/mol. The third-order valence-corrected chi connectivity index (χ3v) is 8.75. The Morgan fingerprint density at radius 3 is 2.33 bits per heavy atom. The largest absolute Gasteiger partial charge is 0.508 e. The van der Waals surface area contributed by atoms with Crippen LogP contribution in [0.3, 0.4) is 0 Å². The smallest absolute Gasteiger partial charge is 0.243 e. The van der Waals surface area contributed by atoms with Gasteiger partial charge >= 0.3 is 0 Å². The van der Waals surface area contributed by atoms with Crippen LogP contribution < -0.4 is 43.4 Å². The fourth-order valence-electron chi connectivity index (χ4n) is 6.90. The Hall–Kier alpha value is -4.24. The number of hydrogen-bond donors (Lipinski definition) is 9. The highest BCUT2D eigenvalue weighted by molar-refractivity contribution is 5.97. The molecule has 3 saturated heterocycles. The second kappa shape index (κ2) is 12.2. The number of phenols is 1. The number of nitrogens with two attached hydrogens (primary N) is 2. The molecule has 15 heteroatoms. The van der Waals surface area contributed by atoms with E-state index in [9.17, 15) is 33.9 Å². The predicted octanol–water partition coefficient (Wildman–Crippen LogP) is -3.24. The van der Waals surface area contributed by atoms with Crippen molar-refractivity contribution >= 4 is 35.4 Å². The van der Waals surface area contributed by atoms with Crippen molar-refractivity contribution in [2.24, 2.45) is 17.4 Å². The number of amides is 6. The van der Waals surface area contributed by atoms with E-state index in [4.69, 9.17) is 11.5 Å². The summed E-state index contributed by atoms with van der Waals surface area (Å²) in [6, 6.07) is 1.84. The number of carbonyl (C=O) groups is 6. The minimum absolute atomic E-state index is 0.00954. The minimum Gasteiger partial charge on any atom is -0.508 e. The fraction of sp³-hybridized carbons (Fsp3) is 0.571. The Morgan fingerprint density at radius 2 is 1.74 bits per heavy atom. The van der Waals surface area contributed by atoms with Gasteiger partial charge in [-0.1, -0.05) is 26.0 Å². The van der Waals surface area contributed by atoms with Crippen LogP contribution >= 0.6 is 0 Å². The van der Waals surface area contributed by atoms with Gasteiger partial charge in [0.15, 0.2) is 0 Å². The van der Waals surface area contributed by atoms with Crippen LogP contribution in [0.15, 0.2) is 24.3 Å².